The molecule has 0 saturated heterocycles. The topological polar surface area (TPSA) is 63.3 Å². The Morgan fingerprint density at radius 2 is 2.36 bits per heavy atom. The van der Waals surface area contributed by atoms with Crippen molar-refractivity contribution >= 4 is 5.78 Å². The van der Waals surface area contributed by atoms with Crippen LogP contribution in [0.25, 0.3) is 0 Å². The minimum atomic E-state index is -1.09. The van der Waals surface area contributed by atoms with Gasteiger partial charge < -0.3 is 10.8 Å². The van der Waals surface area contributed by atoms with Crippen LogP contribution in [0.1, 0.15) is 25.7 Å². The number of carbonyl (C=O) groups is 1. The molecule has 0 bridgehead atoms. The molecule has 3 N–H and O–H groups in total. The summed E-state index contributed by atoms with van der Waals surface area (Å²) in [5.41, 5.74) is 5.58. The number of rotatable bonds is 7. The van der Waals surface area contributed by atoms with E-state index < -0.39 is 12.1 Å². The van der Waals surface area contributed by atoms with E-state index in [-0.39, 0.29) is 12.2 Å². The Kier molecular flexibility index (Phi) is 6.73. The van der Waals surface area contributed by atoms with E-state index in [1.807, 2.05) is 0 Å². The van der Waals surface area contributed by atoms with E-state index in [9.17, 15) is 9.90 Å². The van der Waals surface area contributed by atoms with Gasteiger partial charge in [-0.25, -0.2) is 0 Å². The summed E-state index contributed by atoms with van der Waals surface area (Å²) in [5.74, 6) is 2.18. The van der Waals surface area contributed by atoms with Crippen LogP contribution in [0.15, 0.2) is 12.7 Å². The van der Waals surface area contributed by atoms with Gasteiger partial charge >= 0.3 is 0 Å². The number of nitrogens with two attached hydrogens (primary N) is 1. The van der Waals surface area contributed by atoms with Crippen molar-refractivity contribution in [3.8, 4) is 12.3 Å². The lowest BCUT2D eigenvalue weighted by atomic mass is 10.0. The predicted molar refractivity (Wildman–Crippen MR) is 56.5 cm³/mol. The van der Waals surface area contributed by atoms with Gasteiger partial charge in [0.1, 0.15) is 6.10 Å². The van der Waals surface area contributed by atoms with E-state index in [4.69, 9.17) is 12.2 Å². The molecular formula is C11H17NO2. The van der Waals surface area contributed by atoms with Gasteiger partial charge in [-0.2, -0.15) is 0 Å². The third-order valence-corrected chi connectivity index (χ3v) is 1.95. The number of Topliss-reactive ketones (excluding diaryl/α,β-unsaturated/α-hetero) is 1. The fraction of sp³-hybridized carbons (Fsp3) is 0.545. The number of aliphatic hydroxyl groups is 1. The van der Waals surface area contributed by atoms with Crippen molar-refractivity contribution in [2.75, 3.05) is 0 Å². The molecule has 0 aromatic rings. The Balaban J connectivity index is 3.91. The number of allylic oxidation sites excluding steroid dienone is 1. The predicted octanol–water partition coefficient (Wildman–Crippen LogP) is 0.623. The normalized spacial score (nSPS) is 14.1. The summed E-state index contributed by atoms with van der Waals surface area (Å²) in [6.45, 7) is 3.49. The SMILES string of the molecule is C#CCCC(N)C(O)C(=O)CCC=C. The number of aliphatic hydroxyl groups excluding tert-OH is 1. The Bertz CT molecular complexity index is 230. The molecule has 0 saturated carbocycles. The zero-order valence-electron chi connectivity index (χ0n) is 8.28. The molecule has 0 spiro atoms. The fourth-order valence-corrected chi connectivity index (χ4v) is 1.04. The number of hydrogen-bond donors (Lipinski definition) is 2. The second-order valence-corrected chi connectivity index (χ2v) is 3.15. The summed E-state index contributed by atoms with van der Waals surface area (Å²) in [6.07, 6.45) is 7.39. The molecule has 0 aliphatic heterocycles. The first-order chi connectivity index (χ1) is 6.63. The van der Waals surface area contributed by atoms with Gasteiger partial charge in [-0.3, -0.25) is 4.79 Å². The molecule has 0 radical (unpaired) electrons. The molecule has 0 fully saturated rings. The highest BCUT2D eigenvalue weighted by molar-refractivity contribution is 5.83. The first kappa shape index (κ1) is 12.9. The van der Waals surface area contributed by atoms with Crippen LogP contribution in [0.4, 0.5) is 0 Å². The van der Waals surface area contributed by atoms with Crippen LogP contribution < -0.4 is 5.73 Å². The summed E-state index contributed by atoms with van der Waals surface area (Å²) in [6, 6.07) is -0.552. The van der Waals surface area contributed by atoms with Crippen LogP contribution >= 0.6 is 0 Å². The van der Waals surface area contributed by atoms with E-state index in [1.165, 1.54) is 0 Å². The maximum atomic E-state index is 11.3. The van der Waals surface area contributed by atoms with Gasteiger partial charge in [0.15, 0.2) is 5.78 Å². The van der Waals surface area contributed by atoms with Crippen molar-refractivity contribution in [1.82, 2.24) is 0 Å². The highest BCUT2D eigenvalue weighted by Crippen LogP contribution is 2.04. The Hall–Kier alpha value is -1.11. The Labute approximate surface area is 85.0 Å². The van der Waals surface area contributed by atoms with E-state index in [0.29, 0.717) is 19.3 Å². The molecule has 0 aliphatic carbocycles. The van der Waals surface area contributed by atoms with Crippen molar-refractivity contribution in [3.05, 3.63) is 12.7 Å². The molecule has 0 amide bonds. The molecule has 14 heavy (non-hydrogen) atoms. The first-order valence-electron chi connectivity index (χ1n) is 4.64. The third kappa shape index (κ3) is 4.80. The number of terminal acetylenes is 1. The average Bonchev–Trinajstić information content (AvgIpc) is 2.21. The van der Waals surface area contributed by atoms with Gasteiger partial charge in [0.2, 0.25) is 0 Å². The lowest BCUT2D eigenvalue weighted by molar-refractivity contribution is -0.128. The molecule has 0 heterocycles. The van der Waals surface area contributed by atoms with Crippen LogP contribution in [0.3, 0.4) is 0 Å². The molecule has 2 unspecified atom stereocenters. The molecular weight excluding hydrogens is 178 g/mol. The lowest BCUT2D eigenvalue weighted by Crippen LogP contribution is -2.40. The van der Waals surface area contributed by atoms with Crippen LogP contribution in [0.5, 0.6) is 0 Å². The minimum absolute atomic E-state index is 0.241. The summed E-state index contributed by atoms with van der Waals surface area (Å²) in [5, 5.41) is 9.46. The first-order valence-corrected chi connectivity index (χ1v) is 4.64. The van der Waals surface area contributed by atoms with Gasteiger partial charge in [0.05, 0.1) is 0 Å². The van der Waals surface area contributed by atoms with Crippen LogP contribution in [0.2, 0.25) is 0 Å². The van der Waals surface area contributed by atoms with Gasteiger partial charge in [-0.1, -0.05) is 6.08 Å². The van der Waals surface area contributed by atoms with Gasteiger partial charge in [-0.05, 0) is 12.8 Å². The Morgan fingerprint density at radius 3 is 2.86 bits per heavy atom. The molecule has 0 aromatic heterocycles. The van der Waals surface area contributed by atoms with Crippen LogP contribution in [-0.2, 0) is 4.79 Å². The maximum Gasteiger partial charge on any atom is 0.163 e. The van der Waals surface area contributed by atoms with Gasteiger partial charge in [0, 0.05) is 18.9 Å². The van der Waals surface area contributed by atoms with E-state index >= 15 is 0 Å². The number of carbonyl (C=O) groups excluding carboxylic acids is 1. The highest BCUT2D eigenvalue weighted by atomic mass is 16.3. The van der Waals surface area contributed by atoms with Crippen molar-refractivity contribution in [1.29, 1.82) is 0 Å². The minimum Gasteiger partial charge on any atom is -0.384 e. The number of hydrogen-bond acceptors (Lipinski definition) is 3. The summed E-state index contributed by atoms with van der Waals surface area (Å²) >= 11 is 0. The van der Waals surface area contributed by atoms with Crippen molar-refractivity contribution in [2.24, 2.45) is 5.73 Å². The molecule has 3 heteroatoms. The third-order valence-electron chi connectivity index (χ3n) is 1.95. The molecule has 0 aromatic carbocycles. The maximum absolute atomic E-state index is 11.3. The van der Waals surface area contributed by atoms with Crippen molar-refractivity contribution in [2.45, 2.75) is 37.8 Å². The Morgan fingerprint density at radius 1 is 1.71 bits per heavy atom. The van der Waals surface area contributed by atoms with Crippen LogP contribution in [0, 0.1) is 12.3 Å². The monoisotopic (exact) mass is 195 g/mol. The number of ketones is 1. The molecule has 0 aliphatic rings. The second-order valence-electron chi connectivity index (χ2n) is 3.15. The van der Waals surface area contributed by atoms with Gasteiger partial charge in [-0.15, -0.1) is 18.9 Å². The second kappa shape index (κ2) is 7.31. The van der Waals surface area contributed by atoms with E-state index in [0.717, 1.165) is 0 Å². The molecule has 2 atom stereocenters. The smallest absolute Gasteiger partial charge is 0.163 e. The summed E-state index contributed by atoms with van der Waals surface area (Å²) < 4.78 is 0. The molecule has 3 nitrogen and oxygen atoms in total. The van der Waals surface area contributed by atoms with Gasteiger partial charge in [0.25, 0.3) is 0 Å². The fourth-order valence-electron chi connectivity index (χ4n) is 1.04. The zero-order valence-corrected chi connectivity index (χ0v) is 8.28. The summed E-state index contributed by atoms with van der Waals surface area (Å²) in [4.78, 5) is 11.3. The lowest BCUT2D eigenvalue weighted by Gasteiger charge is -2.16. The average molecular weight is 195 g/mol. The largest absolute Gasteiger partial charge is 0.384 e. The standard InChI is InChI=1S/C11H17NO2/c1-3-5-7-9(12)11(14)10(13)8-6-4-2/h1,4,9,11,14H,2,5-8,12H2. The van der Waals surface area contributed by atoms with Crippen molar-refractivity contribution in [3.63, 3.8) is 0 Å². The van der Waals surface area contributed by atoms with E-state index in [1.54, 1.807) is 6.08 Å². The highest BCUT2D eigenvalue weighted by Gasteiger charge is 2.21. The van der Waals surface area contributed by atoms with E-state index in [2.05, 4.69) is 12.5 Å². The quantitative estimate of drug-likeness (QED) is 0.462. The zero-order chi connectivity index (χ0) is 11.0. The molecule has 0 rings (SSSR count). The summed E-state index contributed by atoms with van der Waals surface area (Å²) in [7, 11) is 0. The molecule has 78 valence electrons. The van der Waals surface area contributed by atoms with Crippen molar-refractivity contribution < 1.29 is 9.90 Å². The van der Waals surface area contributed by atoms with Crippen LogP contribution in [-0.4, -0.2) is 23.0 Å².